The maximum absolute atomic E-state index is 11.8. The molecule has 0 bridgehead atoms. The molecule has 0 spiro atoms. The number of carbonyl (C=O) groups is 1. The average molecular weight is 304 g/mol. The molecule has 2 fully saturated rings. The maximum atomic E-state index is 11.8. The first-order valence-electron chi connectivity index (χ1n) is 8.14. The van der Waals surface area contributed by atoms with Crippen molar-refractivity contribution in [2.75, 3.05) is 31.1 Å². The van der Waals surface area contributed by atoms with Crippen LogP contribution in [-0.2, 0) is 11.3 Å². The Balaban J connectivity index is 1.44. The molecule has 0 radical (unpaired) electrons. The maximum Gasteiger partial charge on any atom is 0.315 e. The van der Waals surface area contributed by atoms with Crippen molar-refractivity contribution in [3.8, 4) is 0 Å². The van der Waals surface area contributed by atoms with Crippen molar-refractivity contribution < 1.29 is 9.53 Å². The summed E-state index contributed by atoms with van der Waals surface area (Å²) in [7, 11) is 0. The van der Waals surface area contributed by atoms with E-state index in [1.54, 1.807) is 0 Å². The zero-order valence-electron chi connectivity index (χ0n) is 12.9. The summed E-state index contributed by atoms with van der Waals surface area (Å²) < 4.78 is 5.48. The molecule has 1 aromatic heterocycles. The number of ether oxygens (including phenoxy) is 1. The monoisotopic (exact) mass is 304 g/mol. The number of hydrogen-bond donors (Lipinski definition) is 2. The first-order chi connectivity index (χ1) is 10.8. The molecular formula is C16H24N4O2. The van der Waals surface area contributed by atoms with Gasteiger partial charge in [-0.25, -0.2) is 9.78 Å². The second-order valence-electron chi connectivity index (χ2n) is 5.92. The second kappa shape index (κ2) is 7.45. The lowest BCUT2D eigenvalue weighted by molar-refractivity contribution is 0.111. The standard InChI is InChI=1S/C16H24N4O2/c21-16(19-12-14-4-3-9-22-14)18-11-13-5-6-17-15(10-13)20-7-1-2-8-20/h5-6,10,14H,1-4,7-9,11-12H2,(H2,18,19,21)/t14-/m0/s1. The van der Waals surface area contributed by atoms with Gasteiger partial charge in [0.2, 0.25) is 0 Å². The molecule has 6 heteroatoms. The smallest absolute Gasteiger partial charge is 0.315 e. The van der Waals surface area contributed by atoms with Crippen LogP contribution in [0.3, 0.4) is 0 Å². The summed E-state index contributed by atoms with van der Waals surface area (Å²) in [5, 5.41) is 5.75. The van der Waals surface area contributed by atoms with Gasteiger partial charge in [-0.05, 0) is 43.4 Å². The van der Waals surface area contributed by atoms with Crippen LogP contribution in [0.5, 0.6) is 0 Å². The third-order valence-electron chi connectivity index (χ3n) is 4.21. The van der Waals surface area contributed by atoms with E-state index >= 15 is 0 Å². The van der Waals surface area contributed by atoms with Gasteiger partial charge in [0.1, 0.15) is 5.82 Å². The Bertz CT molecular complexity index is 497. The summed E-state index contributed by atoms with van der Waals surface area (Å²) >= 11 is 0. The fourth-order valence-corrected chi connectivity index (χ4v) is 2.95. The van der Waals surface area contributed by atoms with Crippen LogP contribution in [0.25, 0.3) is 0 Å². The van der Waals surface area contributed by atoms with Gasteiger partial charge in [-0.3, -0.25) is 0 Å². The van der Waals surface area contributed by atoms with Crippen LogP contribution < -0.4 is 15.5 Å². The van der Waals surface area contributed by atoms with Gasteiger partial charge in [0.25, 0.3) is 0 Å². The third-order valence-corrected chi connectivity index (χ3v) is 4.21. The fraction of sp³-hybridized carbons (Fsp3) is 0.625. The van der Waals surface area contributed by atoms with E-state index in [2.05, 4.69) is 26.6 Å². The van der Waals surface area contributed by atoms with E-state index in [4.69, 9.17) is 4.74 Å². The van der Waals surface area contributed by atoms with E-state index in [1.807, 2.05) is 12.3 Å². The molecule has 120 valence electrons. The van der Waals surface area contributed by atoms with Gasteiger partial charge in [-0.15, -0.1) is 0 Å². The van der Waals surface area contributed by atoms with Crippen LogP contribution in [-0.4, -0.2) is 43.4 Å². The lowest BCUT2D eigenvalue weighted by Crippen LogP contribution is -2.39. The molecule has 0 unspecified atom stereocenters. The minimum Gasteiger partial charge on any atom is -0.376 e. The van der Waals surface area contributed by atoms with Crippen molar-refractivity contribution in [1.29, 1.82) is 0 Å². The Morgan fingerprint density at radius 1 is 1.32 bits per heavy atom. The van der Waals surface area contributed by atoms with Crippen molar-refractivity contribution in [3.63, 3.8) is 0 Å². The quantitative estimate of drug-likeness (QED) is 0.868. The molecule has 3 heterocycles. The van der Waals surface area contributed by atoms with Gasteiger partial charge in [-0.1, -0.05) is 0 Å². The number of urea groups is 1. The Morgan fingerprint density at radius 3 is 2.95 bits per heavy atom. The minimum atomic E-state index is -0.143. The van der Waals surface area contributed by atoms with Gasteiger partial charge in [0.15, 0.2) is 0 Å². The first-order valence-corrected chi connectivity index (χ1v) is 8.14. The predicted octanol–water partition coefficient (Wildman–Crippen LogP) is 1.66. The number of nitrogens with one attached hydrogen (secondary N) is 2. The summed E-state index contributed by atoms with van der Waals surface area (Å²) in [5.41, 5.74) is 1.07. The van der Waals surface area contributed by atoms with Crippen LogP contribution in [0.15, 0.2) is 18.3 Å². The average Bonchev–Trinajstić information content (AvgIpc) is 3.24. The van der Waals surface area contributed by atoms with Gasteiger partial charge in [0.05, 0.1) is 6.10 Å². The van der Waals surface area contributed by atoms with Crippen LogP contribution >= 0.6 is 0 Å². The first kappa shape index (κ1) is 15.1. The molecule has 2 saturated heterocycles. The van der Waals surface area contributed by atoms with E-state index in [1.165, 1.54) is 12.8 Å². The number of hydrogen-bond acceptors (Lipinski definition) is 4. The highest BCUT2D eigenvalue weighted by atomic mass is 16.5. The molecule has 3 rings (SSSR count). The van der Waals surface area contributed by atoms with Crippen molar-refractivity contribution in [3.05, 3.63) is 23.9 Å². The van der Waals surface area contributed by atoms with Crippen molar-refractivity contribution in [1.82, 2.24) is 15.6 Å². The second-order valence-corrected chi connectivity index (χ2v) is 5.92. The van der Waals surface area contributed by atoms with Gasteiger partial charge < -0.3 is 20.3 Å². The molecule has 0 aliphatic carbocycles. The summed E-state index contributed by atoms with van der Waals surface area (Å²) in [6, 6.07) is 3.86. The number of aromatic nitrogens is 1. The van der Waals surface area contributed by atoms with Crippen LogP contribution in [0.4, 0.5) is 10.6 Å². The van der Waals surface area contributed by atoms with Crippen LogP contribution in [0.1, 0.15) is 31.2 Å². The molecule has 22 heavy (non-hydrogen) atoms. The summed E-state index contributed by atoms with van der Waals surface area (Å²) in [5.74, 6) is 1.01. The molecule has 6 nitrogen and oxygen atoms in total. The van der Waals surface area contributed by atoms with Crippen molar-refractivity contribution in [2.24, 2.45) is 0 Å². The number of nitrogens with zero attached hydrogens (tertiary/aromatic N) is 2. The van der Waals surface area contributed by atoms with Crippen molar-refractivity contribution in [2.45, 2.75) is 38.3 Å². The van der Waals surface area contributed by atoms with Gasteiger partial charge in [0, 0.05) is 39.0 Å². The molecule has 2 aliphatic rings. The SMILES string of the molecule is O=C(NCc1ccnc(N2CCCC2)c1)NC[C@@H]1CCCO1. The molecule has 2 amide bonds. The molecule has 2 aliphatic heterocycles. The molecule has 0 aromatic carbocycles. The predicted molar refractivity (Wildman–Crippen MR) is 84.9 cm³/mol. The molecule has 0 saturated carbocycles. The van der Waals surface area contributed by atoms with E-state index in [-0.39, 0.29) is 12.1 Å². The minimum absolute atomic E-state index is 0.143. The summed E-state index contributed by atoms with van der Waals surface area (Å²) in [4.78, 5) is 18.5. The van der Waals surface area contributed by atoms with Crippen LogP contribution in [0, 0.1) is 0 Å². The van der Waals surface area contributed by atoms with E-state index < -0.39 is 0 Å². The van der Waals surface area contributed by atoms with E-state index in [9.17, 15) is 4.79 Å². The van der Waals surface area contributed by atoms with Gasteiger partial charge in [-0.2, -0.15) is 0 Å². The Kier molecular flexibility index (Phi) is 5.11. The fourth-order valence-electron chi connectivity index (χ4n) is 2.95. The van der Waals surface area contributed by atoms with E-state index in [0.717, 1.165) is 43.9 Å². The van der Waals surface area contributed by atoms with Crippen LogP contribution in [0.2, 0.25) is 0 Å². The number of carbonyl (C=O) groups excluding carboxylic acids is 1. The third kappa shape index (κ3) is 4.10. The van der Waals surface area contributed by atoms with E-state index in [0.29, 0.717) is 13.1 Å². The topological polar surface area (TPSA) is 66.5 Å². The molecule has 1 aromatic rings. The highest BCUT2D eigenvalue weighted by molar-refractivity contribution is 5.73. The zero-order valence-corrected chi connectivity index (χ0v) is 12.9. The number of rotatable bonds is 5. The summed E-state index contributed by atoms with van der Waals surface area (Å²) in [6.07, 6.45) is 6.57. The molecular weight excluding hydrogens is 280 g/mol. The lowest BCUT2D eigenvalue weighted by Gasteiger charge is -2.17. The zero-order chi connectivity index (χ0) is 15.2. The largest absolute Gasteiger partial charge is 0.376 e. The molecule has 1 atom stereocenters. The number of anilines is 1. The highest BCUT2D eigenvalue weighted by Crippen LogP contribution is 2.18. The Labute approximate surface area is 131 Å². The number of amides is 2. The summed E-state index contributed by atoms with van der Waals surface area (Å²) in [6.45, 7) is 4.06. The Morgan fingerprint density at radius 2 is 2.18 bits per heavy atom. The normalized spacial score (nSPS) is 21.1. The lowest BCUT2D eigenvalue weighted by atomic mass is 10.2. The number of pyridine rings is 1. The van der Waals surface area contributed by atoms with Gasteiger partial charge >= 0.3 is 6.03 Å². The Hall–Kier alpha value is -1.82. The van der Waals surface area contributed by atoms with Crippen molar-refractivity contribution >= 4 is 11.8 Å². The highest BCUT2D eigenvalue weighted by Gasteiger charge is 2.16. The molecule has 2 N–H and O–H groups in total.